The van der Waals surface area contributed by atoms with Crippen LogP contribution in [-0.2, 0) is 4.74 Å². The molecule has 1 aromatic heterocycles. The van der Waals surface area contributed by atoms with Crippen molar-refractivity contribution in [2.45, 2.75) is 0 Å². The number of esters is 1. The fourth-order valence-corrected chi connectivity index (χ4v) is 4.97. The molecule has 4 aromatic rings. The van der Waals surface area contributed by atoms with Gasteiger partial charge in [0.2, 0.25) is 0 Å². The van der Waals surface area contributed by atoms with Gasteiger partial charge in [-0.25, -0.2) is 4.79 Å². The van der Waals surface area contributed by atoms with E-state index >= 15 is 0 Å². The number of anilines is 1. The fraction of sp³-hybridized carbons (Fsp3) is 0.214. The zero-order chi connectivity index (χ0) is 26.8. The van der Waals surface area contributed by atoms with Crippen molar-refractivity contribution in [3.05, 3.63) is 93.0 Å². The van der Waals surface area contributed by atoms with Crippen molar-refractivity contribution >= 4 is 40.7 Å². The van der Waals surface area contributed by atoms with E-state index in [4.69, 9.17) is 21.7 Å². The second-order valence-corrected chi connectivity index (χ2v) is 9.21. The zero-order valence-corrected chi connectivity index (χ0v) is 21.8. The molecule has 0 radical (unpaired) electrons. The molecule has 1 aliphatic heterocycles. The number of methoxy groups -OCH3 is 2. The van der Waals surface area contributed by atoms with Gasteiger partial charge in [-0.15, -0.1) is 0 Å². The molecule has 3 aromatic carbocycles. The Kier molecular flexibility index (Phi) is 6.97. The summed E-state index contributed by atoms with van der Waals surface area (Å²) in [7, 11) is 2.95. The average molecular weight is 531 g/mol. The topological polar surface area (TPSA) is 96.9 Å². The lowest BCUT2D eigenvalue weighted by Gasteiger charge is -2.36. The number of nitrogens with one attached hydrogen (secondary N) is 1. The summed E-state index contributed by atoms with van der Waals surface area (Å²) in [5.74, 6) is 0.244. The van der Waals surface area contributed by atoms with E-state index < -0.39 is 5.97 Å². The van der Waals surface area contributed by atoms with Crippen LogP contribution in [0.25, 0.3) is 16.6 Å². The molecular weight excluding hydrogens is 504 g/mol. The number of aromatic amines is 1. The van der Waals surface area contributed by atoms with Gasteiger partial charge in [0, 0.05) is 31.7 Å². The van der Waals surface area contributed by atoms with Gasteiger partial charge in [0.1, 0.15) is 5.75 Å². The number of rotatable bonds is 5. The zero-order valence-electron chi connectivity index (χ0n) is 21.0. The van der Waals surface area contributed by atoms with Crippen LogP contribution >= 0.6 is 12.2 Å². The molecule has 38 heavy (non-hydrogen) atoms. The van der Waals surface area contributed by atoms with Gasteiger partial charge in [-0.05, 0) is 66.8 Å². The number of piperazine rings is 1. The summed E-state index contributed by atoms with van der Waals surface area (Å²) >= 11 is 5.44. The van der Waals surface area contributed by atoms with Gasteiger partial charge in [-0.2, -0.15) is 0 Å². The molecule has 1 saturated heterocycles. The molecule has 0 aliphatic carbocycles. The van der Waals surface area contributed by atoms with Crippen molar-refractivity contribution < 1.29 is 19.1 Å². The third-order valence-electron chi connectivity index (χ3n) is 6.68. The van der Waals surface area contributed by atoms with E-state index in [-0.39, 0.29) is 16.2 Å². The molecule has 0 unspecified atom stereocenters. The molecule has 1 N–H and O–H groups in total. The number of amides is 1. The summed E-state index contributed by atoms with van der Waals surface area (Å²) in [6.07, 6.45) is 0. The smallest absolute Gasteiger partial charge is 0.337 e. The predicted molar refractivity (Wildman–Crippen MR) is 147 cm³/mol. The number of ether oxygens (including phenoxy) is 2. The molecule has 194 valence electrons. The third-order valence-corrected chi connectivity index (χ3v) is 6.97. The minimum Gasteiger partial charge on any atom is -0.495 e. The summed E-state index contributed by atoms with van der Waals surface area (Å²) in [6, 6.07) is 19.3. The van der Waals surface area contributed by atoms with Gasteiger partial charge >= 0.3 is 5.97 Å². The third kappa shape index (κ3) is 4.66. The van der Waals surface area contributed by atoms with Crippen molar-refractivity contribution in [1.29, 1.82) is 0 Å². The maximum Gasteiger partial charge on any atom is 0.337 e. The first-order valence-corrected chi connectivity index (χ1v) is 12.5. The van der Waals surface area contributed by atoms with Crippen molar-refractivity contribution in [3.63, 3.8) is 0 Å². The Morgan fingerprint density at radius 2 is 1.58 bits per heavy atom. The fourth-order valence-electron chi connectivity index (χ4n) is 4.67. The first-order valence-electron chi connectivity index (χ1n) is 12.1. The highest BCUT2D eigenvalue weighted by Crippen LogP contribution is 2.28. The highest BCUT2D eigenvalue weighted by Gasteiger charge is 2.24. The number of aromatic nitrogens is 2. The minimum atomic E-state index is -0.503. The number of para-hydroxylation sites is 2. The van der Waals surface area contributed by atoms with Crippen molar-refractivity contribution in [2.75, 3.05) is 45.3 Å². The molecule has 1 aliphatic rings. The van der Waals surface area contributed by atoms with E-state index in [0.717, 1.165) is 11.4 Å². The molecule has 10 heteroatoms. The summed E-state index contributed by atoms with van der Waals surface area (Å²) in [4.78, 5) is 45.3. The van der Waals surface area contributed by atoms with Crippen molar-refractivity contribution in [2.24, 2.45) is 0 Å². The number of benzene rings is 3. The Balaban J connectivity index is 1.34. The van der Waals surface area contributed by atoms with E-state index in [1.165, 1.54) is 23.8 Å². The monoisotopic (exact) mass is 530 g/mol. The summed E-state index contributed by atoms with van der Waals surface area (Å²) in [6.45, 7) is 2.57. The number of carbonyl (C=O) groups is 2. The van der Waals surface area contributed by atoms with Gasteiger partial charge < -0.3 is 24.3 Å². The Morgan fingerprint density at radius 3 is 2.26 bits per heavy atom. The average Bonchev–Trinajstić information content (AvgIpc) is 2.96. The largest absolute Gasteiger partial charge is 0.495 e. The number of hydrogen-bond donors (Lipinski definition) is 1. The van der Waals surface area contributed by atoms with Gasteiger partial charge in [-0.3, -0.25) is 14.2 Å². The Labute approximate surface area is 223 Å². The predicted octanol–water partition coefficient (Wildman–Crippen LogP) is 3.81. The van der Waals surface area contributed by atoms with Crippen LogP contribution in [-0.4, -0.2) is 66.7 Å². The van der Waals surface area contributed by atoms with E-state index in [9.17, 15) is 14.4 Å². The molecule has 2 heterocycles. The molecule has 1 amide bonds. The Bertz CT molecular complexity index is 1640. The minimum absolute atomic E-state index is 0.0671. The molecule has 5 rings (SSSR count). The standard InChI is InChI=1S/C28H26N4O5S/c1-36-24-6-4-3-5-23(24)30-13-15-31(16-14-30)25(33)18-7-10-20(11-8-18)32-26(34)21-12-9-19(27(35)37-2)17-22(21)29-28(32)38/h3-12,17H,13-16H2,1-2H3,(H,29,38). The summed E-state index contributed by atoms with van der Waals surface area (Å²) < 4.78 is 11.8. The lowest BCUT2D eigenvalue weighted by Crippen LogP contribution is -2.48. The highest BCUT2D eigenvalue weighted by molar-refractivity contribution is 7.71. The first-order chi connectivity index (χ1) is 18.4. The Hall–Kier alpha value is -4.44. The van der Waals surface area contributed by atoms with Crippen LogP contribution in [0.2, 0.25) is 0 Å². The first kappa shape index (κ1) is 25.2. The number of H-pyrrole nitrogens is 1. The summed E-state index contributed by atoms with van der Waals surface area (Å²) in [5, 5.41) is 0.374. The van der Waals surface area contributed by atoms with E-state index in [0.29, 0.717) is 53.9 Å². The molecule has 1 fully saturated rings. The van der Waals surface area contributed by atoms with Crippen molar-refractivity contribution in [1.82, 2.24) is 14.5 Å². The van der Waals surface area contributed by atoms with Crippen LogP contribution in [0.1, 0.15) is 20.7 Å². The molecular formula is C28H26N4O5S. The van der Waals surface area contributed by atoms with Crippen molar-refractivity contribution in [3.8, 4) is 11.4 Å². The quantitative estimate of drug-likeness (QED) is 0.310. The molecule has 0 saturated carbocycles. The molecule has 0 spiro atoms. The highest BCUT2D eigenvalue weighted by atomic mass is 32.1. The van der Waals surface area contributed by atoms with E-state index in [1.807, 2.05) is 29.2 Å². The van der Waals surface area contributed by atoms with Gasteiger partial charge in [0.25, 0.3) is 11.5 Å². The van der Waals surface area contributed by atoms with Crippen LogP contribution in [0.4, 0.5) is 5.69 Å². The van der Waals surface area contributed by atoms with E-state index in [2.05, 4.69) is 9.88 Å². The van der Waals surface area contributed by atoms with Gasteiger partial charge in [-0.1, -0.05) is 12.1 Å². The number of fused-ring (bicyclic) bond motifs is 1. The lowest BCUT2D eigenvalue weighted by molar-refractivity contribution is 0.0600. The number of nitrogens with zero attached hydrogens (tertiary/aromatic N) is 3. The molecule has 9 nitrogen and oxygen atoms in total. The van der Waals surface area contributed by atoms with Gasteiger partial charge in [0.15, 0.2) is 4.77 Å². The van der Waals surface area contributed by atoms with Crippen LogP contribution < -0.4 is 15.2 Å². The number of hydrogen-bond acceptors (Lipinski definition) is 7. The molecule has 0 bridgehead atoms. The maximum atomic E-state index is 13.2. The SMILES string of the molecule is COC(=O)c1ccc2c(=O)n(-c3ccc(C(=O)N4CCN(c5ccccc5OC)CC4)cc3)c(=S)[nH]c2c1. The second kappa shape index (κ2) is 10.5. The summed E-state index contributed by atoms with van der Waals surface area (Å²) in [5.41, 5.74) is 2.52. The molecule has 0 atom stereocenters. The lowest BCUT2D eigenvalue weighted by atomic mass is 10.1. The van der Waals surface area contributed by atoms with Gasteiger partial charge in [0.05, 0.1) is 42.1 Å². The van der Waals surface area contributed by atoms with Crippen LogP contribution in [0, 0.1) is 4.77 Å². The normalized spacial score (nSPS) is 13.4. The number of carbonyl (C=O) groups excluding carboxylic acids is 2. The Morgan fingerprint density at radius 1 is 0.895 bits per heavy atom. The van der Waals surface area contributed by atoms with Crippen LogP contribution in [0.5, 0.6) is 5.75 Å². The maximum absolute atomic E-state index is 13.2. The van der Waals surface area contributed by atoms with Crippen LogP contribution in [0.15, 0.2) is 71.5 Å². The van der Waals surface area contributed by atoms with Crippen LogP contribution in [0.3, 0.4) is 0 Å². The second-order valence-electron chi connectivity index (χ2n) is 8.82. The van der Waals surface area contributed by atoms with E-state index in [1.54, 1.807) is 37.4 Å².